The lowest BCUT2D eigenvalue weighted by Gasteiger charge is -2.06. The lowest BCUT2D eigenvalue weighted by molar-refractivity contribution is 1.01. The molecule has 0 amide bonds. The van der Waals surface area contributed by atoms with Crippen molar-refractivity contribution in [3.05, 3.63) is 10.7 Å². The summed E-state index contributed by atoms with van der Waals surface area (Å²) in [4.78, 5) is 4.24. The standard InChI is InChI=1S/C7H10BrN/c1-2-7-4-3-6(8)5-9-7/h5H,2-4H2,1H3. The molecule has 0 radical (unpaired) electrons. The quantitative estimate of drug-likeness (QED) is 0.599. The number of hydrogen-bond donors (Lipinski definition) is 0. The first-order valence-corrected chi connectivity index (χ1v) is 4.02. The molecule has 1 aliphatic rings. The Morgan fingerprint density at radius 1 is 1.67 bits per heavy atom. The van der Waals surface area contributed by atoms with Crippen LogP contribution in [0.2, 0.25) is 0 Å². The van der Waals surface area contributed by atoms with Crippen LogP contribution in [0, 0.1) is 0 Å². The Morgan fingerprint density at radius 2 is 2.44 bits per heavy atom. The molecule has 1 aliphatic heterocycles. The molecular weight excluding hydrogens is 178 g/mol. The zero-order valence-corrected chi connectivity index (χ0v) is 7.11. The van der Waals surface area contributed by atoms with Gasteiger partial charge in [-0.2, -0.15) is 0 Å². The summed E-state index contributed by atoms with van der Waals surface area (Å²) >= 11 is 3.40. The molecule has 0 atom stereocenters. The molecule has 1 nitrogen and oxygen atoms in total. The second kappa shape index (κ2) is 3.16. The Kier molecular flexibility index (Phi) is 2.46. The average Bonchev–Trinajstić information content (AvgIpc) is 1.90. The highest BCUT2D eigenvalue weighted by atomic mass is 79.9. The molecule has 1 rings (SSSR count). The van der Waals surface area contributed by atoms with E-state index in [1.54, 1.807) is 0 Å². The normalized spacial score (nSPS) is 18.9. The fourth-order valence-electron chi connectivity index (χ4n) is 0.822. The highest BCUT2D eigenvalue weighted by molar-refractivity contribution is 9.11. The summed E-state index contributed by atoms with van der Waals surface area (Å²) in [6.07, 6.45) is 5.26. The smallest absolute Gasteiger partial charge is 0.0368 e. The summed E-state index contributed by atoms with van der Waals surface area (Å²) in [7, 11) is 0. The van der Waals surface area contributed by atoms with E-state index >= 15 is 0 Å². The van der Waals surface area contributed by atoms with E-state index in [0.717, 1.165) is 19.3 Å². The maximum Gasteiger partial charge on any atom is 0.0368 e. The first-order valence-electron chi connectivity index (χ1n) is 3.23. The van der Waals surface area contributed by atoms with E-state index in [9.17, 15) is 0 Å². The van der Waals surface area contributed by atoms with E-state index in [1.165, 1.54) is 10.2 Å². The third-order valence-electron chi connectivity index (χ3n) is 1.45. The first kappa shape index (κ1) is 7.00. The molecule has 0 bridgehead atoms. The van der Waals surface area contributed by atoms with Gasteiger partial charge in [0, 0.05) is 16.4 Å². The van der Waals surface area contributed by atoms with E-state index in [-0.39, 0.29) is 0 Å². The van der Waals surface area contributed by atoms with Crippen LogP contribution in [-0.4, -0.2) is 5.71 Å². The van der Waals surface area contributed by atoms with Crippen molar-refractivity contribution >= 4 is 21.6 Å². The second-order valence-corrected chi connectivity index (χ2v) is 3.14. The molecule has 0 unspecified atom stereocenters. The fraction of sp³-hybridized carbons (Fsp3) is 0.571. The second-order valence-electron chi connectivity index (χ2n) is 2.12. The molecule has 0 aromatic carbocycles. The van der Waals surface area contributed by atoms with Gasteiger partial charge in [0.2, 0.25) is 0 Å². The van der Waals surface area contributed by atoms with E-state index in [2.05, 4.69) is 27.8 Å². The number of aliphatic imine (C=N–C) groups is 1. The minimum atomic E-state index is 1.09. The zero-order chi connectivity index (χ0) is 6.69. The van der Waals surface area contributed by atoms with Crippen molar-refractivity contribution in [3.63, 3.8) is 0 Å². The van der Waals surface area contributed by atoms with Gasteiger partial charge in [0.25, 0.3) is 0 Å². The van der Waals surface area contributed by atoms with Crippen LogP contribution in [-0.2, 0) is 0 Å². The molecule has 2 heteroatoms. The van der Waals surface area contributed by atoms with Gasteiger partial charge in [-0.3, -0.25) is 4.99 Å². The van der Waals surface area contributed by atoms with Crippen LogP contribution < -0.4 is 0 Å². The molecular formula is C7H10BrN. The molecule has 1 heterocycles. The van der Waals surface area contributed by atoms with E-state index in [1.807, 2.05) is 6.20 Å². The Morgan fingerprint density at radius 3 is 2.89 bits per heavy atom. The van der Waals surface area contributed by atoms with Crippen molar-refractivity contribution in [3.8, 4) is 0 Å². The fourth-order valence-corrected chi connectivity index (χ4v) is 1.12. The largest absolute Gasteiger partial charge is 0.265 e. The van der Waals surface area contributed by atoms with Crippen molar-refractivity contribution < 1.29 is 0 Å². The third kappa shape index (κ3) is 1.94. The van der Waals surface area contributed by atoms with E-state index < -0.39 is 0 Å². The van der Waals surface area contributed by atoms with Crippen LogP contribution in [0.15, 0.2) is 15.7 Å². The van der Waals surface area contributed by atoms with Crippen LogP contribution in [0.25, 0.3) is 0 Å². The van der Waals surface area contributed by atoms with Crippen molar-refractivity contribution in [2.24, 2.45) is 4.99 Å². The Bertz CT molecular complexity index is 158. The van der Waals surface area contributed by atoms with Crippen molar-refractivity contribution in [2.75, 3.05) is 0 Å². The molecule has 0 spiro atoms. The molecule has 0 saturated heterocycles. The topological polar surface area (TPSA) is 12.4 Å². The van der Waals surface area contributed by atoms with E-state index in [0.29, 0.717) is 0 Å². The number of rotatable bonds is 1. The van der Waals surface area contributed by atoms with Gasteiger partial charge in [-0.25, -0.2) is 0 Å². The highest BCUT2D eigenvalue weighted by Crippen LogP contribution is 2.18. The zero-order valence-electron chi connectivity index (χ0n) is 5.52. The molecule has 0 aromatic heterocycles. The predicted molar refractivity (Wildman–Crippen MR) is 44.0 cm³/mol. The predicted octanol–water partition coefficient (Wildman–Crippen LogP) is 2.87. The van der Waals surface area contributed by atoms with Gasteiger partial charge in [0.1, 0.15) is 0 Å². The molecule has 0 saturated carbocycles. The maximum atomic E-state index is 4.24. The Labute approximate surface area is 64.0 Å². The lowest BCUT2D eigenvalue weighted by atomic mass is 10.1. The molecule has 0 aliphatic carbocycles. The minimum Gasteiger partial charge on any atom is -0.265 e. The number of hydrogen-bond acceptors (Lipinski definition) is 1. The van der Waals surface area contributed by atoms with Gasteiger partial charge in [-0.1, -0.05) is 22.9 Å². The maximum absolute atomic E-state index is 4.24. The first-order chi connectivity index (χ1) is 4.33. The number of allylic oxidation sites excluding steroid dienone is 1. The number of halogens is 1. The van der Waals surface area contributed by atoms with E-state index in [4.69, 9.17) is 0 Å². The average molecular weight is 188 g/mol. The Hall–Kier alpha value is -0.110. The molecule has 0 N–H and O–H groups in total. The van der Waals surface area contributed by atoms with Crippen LogP contribution in [0.4, 0.5) is 0 Å². The SMILES string of the molecule is CCC1=NC=C(Br)CC1. The summed E-state index contributed by atoms with van der Waals surface area (Å²) < 4.78 is 1.22. The third-order valence-corrected chi connectivity index (χ3v) is 2.05. The van der Waals surface area contributed by atoms with Gasteiger partial charge >= 0.3 is 0 Å². The summed E-state index contributed by atoms with van der Waals surface area (Å²) in [6.45, 7) is 2.14. The van der Waals surface area contributed by atoms with Crippen LogP contribution in [0.1, 0.15) is 26.2 Å². The van der Waals surface area contributed by atoms with Crippen LogP contribution >= 0.6 is 15.9 Å². The van der Waals surface area contributed by atoms with Crippen molar-refractivity contribution in [1.29, 1.82) is 0 Å². The molecule has 0 aromatic rings. The molecule has 0 fully saturated rings. The van der Waals surface area contributed by atoms with Crippen molar-refractivity contribution in [1.82, 2.24) is 0 Å². The summed E-state index contributed by atoms with van der Waals surface area (Å²) in [5, 5.41) is 0. The van der Waals surface area contributed by atoms with Gasteiger partial charge in [0.05, 0.1) is 0 Å². The van der Waals surface area contributed by atoms with Gasteiger partial charge < -0.3 is 0 Å². The summed E-state index contributed by atoms with van der Waals surface area (Å²) in [5.74, 6) is 0. The molecule has 50 valence electrons. The summed E-state index contributed by atoms with van der Waals surface area (Å²) in [5.41, 5.74) is 1.32. The summed E-state index contributed by atoms with van der Waals surface area (Å²) in [6, 6.07) is 0. The lowest BCUT2D eigenvalue weighted by Crippen LogP contribution is -1.98. The monoisotopic (exact) mass is 187 g/mol. The highest BCUT2D eigenvalue weighted by Gasteiger charge is 2.02. The molecule has 9 heavy (non-hydrogen) atoms. The van der Waals surface area contributed by atoms with Gasteiger partial charge in [-0.05, 0) is 19.3 Å². The van der Waals surface area contributed by atoms with Gasteiger partial charge in [0.15, 0.2) is 0 Å². The van der Waals surface area contributed by atoms with Crippen LogP contribution in [0.5, 0.6) is 0 Å². The number of nitrogens with zero attached hydrogens (tertiary/aromatic N) is 1. The minimum absolute atomic E-state index is 1.09. The Balaban J connectivity index is 2.59. The van der Waals surface area contributed by atoms with Crippen molar-refractivity contribution in [2.45, 2.75) is 26.2 Å². The van der Waals surface area contributed by atoms with Gasteiger partial charge in [-0.15, -0.1) is 0 Å². The van der Waals surface area contributed by atoms with Crippen LogP contribution in [0.3, 0.4) is 0 Å².